The Kier molecular flexibility index (Phi) is 4.66. The van der Waals surface area contributed by atoms with E-state index in [0.717, 1.165) is 22.5 Å². The Hall–Kier alpha value is -3.34. The summed E-state index contributed by atoms with van der Waals surface area (Å²) < 4.78 is 7.35. The van der Waals surface area contributed by atoms with Gasteiger partial charge in [-0.2, -0.15) is 0 Å². The van der Waals surface area contributed by atoms with E-state index < -0.39 is 11.9 Å². The lowest BCUT2D eigenvalue weighted by molar-refractivity contribution is -0.132. The zero-order valence-corrected chi connectivity index (χ0v) is 13.7. The van der Waals surface area contributed by atoms with Gasteiger partial charge >= 0.3 is 11.9 Å². The SMILES string of the molecule is CC(=O)Oc1c(/C=C/C(=O)O)n(Cc2ccccc2)c2ccccc12. The second kappa shape index (κ2) is 7.05. The van der Waals surface area contributed by atoms with Gasteiger partial charge in [-0.05, 0) is 23.8 Å². The molecule has 0 amide bonds. The number of fused-ring (bicyclic) bond motifs is 1. The number of ether oxygens (including phenoxy) is 1. The molecule has 3 rings (SSSR count). The highest BCUT2D eigenvalue weighted by atomic mass is 16.5. The first kappa shape index (κ1) is 16.5. The van der Waals surface area contributed by atoms with Crippen LogP contribution < -0.4 is 4.74 Å². The Bertz CT molecular complexity index is 954. The summed E-state index contributed by atoms with van der Waals surface area (Å²) in [7, 11) is 0. The van der Waals surface area contributed by atoms with Crippen LogP contribution in [0.4, 0.5) is 0 Å². The Morgan fingerprint density at radius 2 is 1.76 bits per heavy atom. The van der Waals surface area contributed by atoms with Gasteiger partial charge in [-0.15, -0.1) is 0 Å². The molecule has 0 atom stereocenters. The third-order valence-corrected chi connectivity index (χ3v) is 3.78. The van der Waals surface area contributed by atoms with Gasteiger partial charge in [-0.1, -0.05) is 42.5 Å². The Labute approximate surface area is 144 Å². The van der Waals surface area contributed by atoms with Gasteiger partial charge in [-0.3, -0.25) is 4.79 Å². The van der Waals surface area contributed by atoms with E-state index in [-0.39, 0.29) is 0 Å². The highest BCUT2D eigenvalue weighted by molar-refractivity contribution is 5.95. The minimum Gasteiger partial charge on any atom is -0.478 e. The molecule has 1 heterocycles. The van der Waals surface area contributed by atoms with Gasteiger partial charge in [0.05, 0.1) is 11.2 Å². The Morgan fingerprint density at radius 3 is 2.44 bits per heavy atom. The second-order valence-corrected chi connectivity index (χ2v) is 5.57. The molecule has 1 aromatic heterocycles. The first-order valence-corrected chi connectivity index (χ1v) is 7.81. The molecule has 0 fully saturated rings. The van der Waals surface area contributed by atoms with E-state index in [9.17, 15) is 9.59 Å². The van der Waals surface area contributed by atoms with E-state index >= 15 is 0 Å². The molecule has 0 aliphatic heterocycles. The predicted octanol–water partition coefficient (Wildman–Crippen LogP) is 3.71. The van der Waals surface area contributed by atoms with E-state index in [1.54, 1.807) is 0 Å². The van der Waals surface area contributed by atoms with Crippen LogP contribution in [0.2, 0.25) is 0 Å². The summed E-state index contributed by atoms with van der Waals surface area (Å²) in [5, 5.41) is 9.76. The number of rotatable bonds is 5. The maximum atomic E-state index is 11.5. The highest BCUT2D eigenvalue weighted by Crippen LogP contribution is 2.35. The van der Waals surface area contributed by atoms with Crippen molar-refractivity contribution < 1.29 is 19.4 Å². The van der Waals surface area contributed by atoms with Crippen molar-refractivity contribution in [3.63, 3.8) is 0 Å². The summed E-state index contributed by atoms with van der Waals surface area (Å²) in [6.45, 7) is 1.86. The van der Waals surface area contributed by atoms with Crippen molar-refractivity contribution in [1.82, 2.24) is 4.57 Å². The van der Waals surface area contributed by atoms with Gasteiger partial charge in [0.1, 0.15) is 0 Å². The number of benzene rings is 2. The van der Waals surface area contributed by atoms with Crippen molar-refractivity contribution >= 4 is 28.9 Å². The number of carboxylic acids is 1. The van der Waals surface area contributed by atoms with Crippen molar-refractivity contribution in [2.75, 3.05) is 0 Å². The monoisotopic (exact) mass is 335 g/mol. The van der Waals surface area contributed by atoms with Crippen molar-refractivity contribution in [2.45, 2.75) is 13.5 Å². The number of hydrogen-bond donors (Lipinski definition) is 1. The Morgan fingerprint density at radius 1 is 1.08 bits per heavy atom. The van der Waals surface area contributed by atoms with Crippen LogP contribution in [0.5, 0.6) is 5.75 Å². The third-order valence-electron chi connectivity index (χ3n) is 3.78. The normalized spacial score (nSPS) is 11.1. The first-order valence-electron chi connectivity index (χ1n) is 7.81. The Balaban J connectivity index is 2.23. The van der Waals surface area contributed by atoms with E-state index in [2.05, 4.69) is 0 Å². The van der Waals surface area contributed by atoms with Crippen molar-refractivity contribution in [1.29, 1.82) is 0 Å². The first-order chi connectivity index (χ1) is 12.1. The number of carbonyl (C=O) groups is 2. The molecular weight excluding hydrogens is 318 g/mol. The third kappa shape index (κ3) is 3.61. The lowest BCUT2D eigenvalue weighted by atomic mass is 10.2. The van der Waals surface area contributed by atoms with E-state index in [1.807, 2.05) is 59.2 Å². The van der Waals surface area contributed by atoms with Gasteiger partial charge in [0.2, 0.25) is 0 Å². The van der Waals surface area contributed by atoms with Crippen LogP contribution in [0.25, 0.3) is 17.0 Å². The van der Waals surface area contributed by atoms with Crippen LogP contribution in [-0.2, 0) is 16.1 Å². The molecule has 126 valence electrons. The molecule has 25 heavy (non-hydrogen) atoms. The molecule has 0 saturated heterocycles. The second-order valence-electron chi connectivity index (χ2n) is 5.57. The minimum atomic E-state index is -1.06. The standard InChI is InChI=1S/C20H17NO4/c1-14(22)25-20-16-9-5-6-10-17(16)21(18(20)11-12-19(23)24)13-15-7-3-2-4-8-15/h2-12H,13H2,1H3,(H,23,24)/b12-11+. The number of hydrogen-bond acceptors (Lipinski definition) is 3. The molecule has 0 radical (unpaired) electrons. The average Bonchev–Trinajstić information content (AvgIpc) is 2.87. The maximum Gasteiger partial charge on any atom is 0.328 e. The van der Waals surface area contributed by atoms with Crippen LogP contribution in [-0.4, -0.2) is 21.6 Å². The number of carbonyl (C=O) groups excluding carboxylic acids is 1. The molecule has 3 aromatic rings. The fourth-order valence-corrected chi connectivity index (χ4v) is 2.79. The zero-order chi connectivity index (χ0) is 17.8. The summed E-state index contributed by atoms with van der Waals surface area (Å²) >= 11 is 0. The van der Waals surface area contributed by atoms with E-state index in [0.29, 0.717) is 18.0 Å². The molecule has 0 bridgehead atoms. The molecule has 2 aromatic carbocycles. The van der Waals surface area contributed by atoms with Crippen LogP contribution in [0.1, 0.15) is 18.2 Å². The van der Waals surface area contributed by atoms with E-state index in [4.69, 9.17) is 9.84 Å². The zero-order valence-electron chi connectivity index (χ0n) is 13.7. The van der Waals surface area contributed by atoms with E-state index in [1.165, 1.54) is 13.0 Å². The molecule has 0 spiro atoms. The number of aliphatic carboxylic acids is 1. The lowest BCUT2D eigenvalue weighted by Gasteiger charge is -2.09. The van der Waals surface area contributed by atoms with Gasteiger partial charge in [-0.25, -0.2) is 4.79 Å². The van der Waals surface area contributed by atoms with Gasteiger partial charge < -0.3 is 14.4 Å². The number of para-hydroxylation sites is 1. The molecule has 5 heteroatoms. The number of esters is 1. The van der Waals surface area contributed by atoms with Crippen molar-refractivity contribution in [2.24, 2.45) is 0 Å². The summed E-state index contributed by atoms with van der Waals surface area (Å²) in [6, 6.07) is 17.3. The molecule has 1 N–H and O–H groups in total. The molecular formula is C20H17NO4. The van der Waals surface area contributed by atoms with Crippen molar-refractivity contribution in [3.8, 4) is 5.75 Å². The number of carboxylic acid groups (broad SMARTS) is 1. The van der Waals surface area contributed by atoms with Gasteiger partial charge in [0.25, 0.3) is 0 Å². The molecule has 0 saturated carbocycles. The van der Waals surface area contributed by atoms with Gasteiger partial charge in [0, 0.05) is 24.9 Å². The topological polar surface area (TPSA) is 68.5 Å². The van der Waals surface area contributed by atoms with Crippen LogP contribution in [0.3, 0.4) is 0 Å². The molecule has 0 aliphatic carbocycles. The fourth-order valence-electron chi connectivity index (χ4n) is 2.79. The fraction of sp³-hybridized carbons (Fsp3) is 0.100. The largest absolute Gasteiger partial charge is 0.478 e. The van der Waals surface area contributed by atoms with Crippen LogP contribution in [0, 0.1) is 0 Å². The summed E-state index contributed by atoms with van der Waals surface area (Å²) in [4.78, 5) is 22.5. The summed E-state index contributed by atoms with van der Waals surface area (Å²) in [6.07, 6.45) is 2.51. The predicted molar refractivity (Wildman–Crippen MR) is 95.5 cm³/mol. The summed E-state index contributed by atoms with van der Waals surface area (Å²) in [5.41, 5.74) is 2.47. The molecule has 5 nitrogen and oxygen atoms in total. The summed E-state index contributed by atoms with van der Waals surface area (Å²) in [5.74, 6) is -1.14. The minimum absolute atomic E-state index is 0.372. The lowest BCUT2D eigenvalue weighted by Crippen LogP contribution is -2.05. The molecule has 0 aliphatic rings. The number of nitrogens with zero attached hydrogens (tertiary/aromatic N) is 1. The average molecular weight is 335 g/mol. The van der Waals surface area contributed by atoms with Gasteiger partial charge in [0.15, 0.2) is 5.75 Å². The van der Waals surface area contributed by atoms with Crippen molar-refractivity contribution in [3.05, 3.63) is 71.9 Å². The van der Waals surface area contributed by atoms with Crippen LogP contribution in [0.15, 0.2) is 60.7 Å². The smallest absolute Gasteiger partial charge is 0.328 e. The van der Waals surface area contributed by atoms with Crippen LogP contribution >= 0.6 is 0 Å². The maximum absolute atomic E-state index is 11.5. The number of aromatic nitrogens is 1. The quantitative estimate of drug-likeness (QED) is 0.570. The highest BCUT2D eigenvalue weighted by Gasteiger charge is 2.18. The molecule has 0 unspecified atom stereocenters.